The van der Waals surface area contributed by atoms with E-state index in [1.54, 1.807) is 24.3 Å². The highest BCUT2D eigenvalue weighted by Crippen LogP contribution is 2.26. The summed E-state index contributed by atoms with van der Waals surface area (Å²) in [7, 11) is 1.25. The van der Waals surface area contributed by atoms with Crippen LogP contribution < -0.4 is 0 Å². The third kappa shape index (κ3) is 3.83. The van der Waals surface area contributed by atoms with Gasteiger partial charge in [0.05, 0.1) is 13.5 Å². The van der Waals surface area contributed by atoms with Gasteiger partial charge in [0.25, 0.3) is 0 Å². The normalized spacial score (nSPS) is 10.3. The Bertz CT molecular complexity index is 698. The van der Waals surface area contributed by atoms with E-state index in [1.165, 1.54) is 19.4 Å². The largest absolute Gasteiger partial charge is 0.506 e. The average molecular weight is 320 g/mol. The maximum Gasteiger partial charge on any atom is 0.305 e. The summed E-state index contributed by atoms with van der Waals surface area (Å²) >= 11 is 5.82. The second-order valence-corrected chi connectivity index (χ2v) is 5.03. The van der Waals surface area contributed by atoms with Crippen LogP contribution in [0.5, 0.6) is 5.75 Å². The third-order valence-corrected chi connectivity index (χ3v) is 3.35. The molecule has 114 valence electrons. The number of pyridine rings is 1. The van der Waals surface area contributed by atoms with Crippen molar-refractivity contribution in [2.45, 2.75) is 12.8 Å². The van der Waals surface area contributed by atoms with Gasteiger partial charge in [-0.2, -0.15) is 0 Å². The molecule has 0 saturated carbocycles. The SMILES string of the molecule is COC(=O)CCC(=O)c1ncc(-c2ccc(Cl)cc2)cc1O. The highest BCUT2D eigenvalue weighted by Gasteiger charge is 2.15. The molecule has 0 radical (unpaired) electrons. The summed E-state index contributed by atoms with van der Waals surface area (Å²) in [5.74, 6) is -1.11. The Morgan fingerprint density at radius 1 is 1.18 bits per heavy atom. The number of rotatable bonds is 5. The smallest absolute Gasteiger partial charge is 0.305 e. The minimum atomic E-state index is -0.481. The minimum absolute atomic E-state index is 0.0462. The zero-order chi connectivity index (χ0) is 16.1. The number of nitrogens with zero attached hydrogens (tertiary/aromatic N) is 1. The second-order valence-electron chi connectivity index (χ2n) is 4.60. The van der Waals surface area contributed by atoms with Gasteiger partial charge in [0.15, 0.2) is 5.78 Å². The molecule has 0 saturated heterocycles. The molecule has 0 amide bonds. The van der Waals surface area contributed by atoms with E-state index in [-0.39, 0.29) is 24.3 Å². The summed E-state index contributed by atoms with van der Waals surface area (Å²) in [5.41, 5.74) is 1.43. The first-order chi connectivity index (χ1) is 10.5. The number of aromatic hydroxyl groups is 1. The number of benzene rings is 1. The lowest BCUT2D eigenvalue weighted by molar-refractivity contribution is -0.140. The standard InChI is InChI=1S/C16H14ClNO4/c1-22-15(21)7-6-13(19)16-14(20)8-11(9-18-16)10-2-4-12(17)5-3-10/h2-5,8-9,20H,6-7H2,1H3. The molecule has 1 N–H and O–H groups in total. The van der Waals surface area contributed by atoms with Crippen molar-refractivity contribution in [3.05, 3.63) is 47.2 Å². The monoisotopic (exact) mass is 319 g/mol. The Labute approximate surface area is 132 Å². The quantitative estimate of drug-likeness (QED) is 0.676. The van der Waals surface area contributed by atoms with E-state index >= 15 is 0 Å². The predicted molar refractivity (Wildman–Crippen MR) is 81.9 cm³/mol. The molecule has 0 aliphatic rings. The number of hydrogen-bond donors (Lipinski definition) is 1. The molecule has 2 aromatic rings. The Hall–Kier alpha value is -2.40. The number of Topliss-reactive ketones (excluding diaryl/α,β-unsaturated/α-hetero) is 1. The summed E-state index contributed by atoms with van der Waals surface area (Å²) in [6.07, 6.45) is 1.39. The highest BCUT2D eigenvalue weighted by molar-refractivity contribution is 6.30. The number of aromatic nitrogens is 1. The van der Waals surface area contributed by atoms with E-state index in [0.717, 1.165) is 5.56 Å². The van der Waals surface area contributed by atoms with Crippen LogP contribution in [-0.4, -0.2) is 29.0 Å². The number of methoxy groups -OCH3 is 1. The highest BCUT2D eigenvalue weighted by atomic mass is 35.5. The van der Waals surface area contributed by atoms with Crippen LogP contribution >= 0.6 is 11.6 Å². The summed E-state index contributed by atoms with van der Waals surface area (Å²) in [4.78, 5) is 27.0. The third-order valence-electron chi connectivity index (χ3n) is 3.09. The van der Waals surface area contributed by atoms with E-state index in [9.17, 15) is 14.7 Å². The van der Waals surface area contributed by atoms with Gasteiger partial charge in [-0.1, -0.05) is 23.7 Å². The molecule has 1 aromatic carbocycles. The molecule has 0 unspecified atom stereocenters. The van der Waals surface area contributed by atoms with E-state index in [2.05, 4.69) is 9.72 Å². The summed E-state index contributed by atoms with van der Waals surface area (Å²) < 4.78 is 4.47. The van der Waals surface area contributed by atoms with Gasteiger partial charge in [-0.15, -0.1) is 0 Å². The van der Waals surface area contributed by atoms with Crippen molar-refractivity contribution in [3.8, 4) is 16.9 Å². The number of carbonyl (C=O) groups excluding carboxylic acids is 2. The van der Waals surface area contributed by atoms with Gasteiger partial charge in [0.1, 0.15) is 11.4 Å². The van der Waals surface area contributed by atoms with Crippen molar-refractivity contribution in [2.75, 3.05) is 7.11 Å². The van der Waals surface area contributed by atoms with Crippen LogP contribution in [-0.2, 0) is 9.53 Å². The molecular weight excluding hydrogens is 306 g/mol. The first-order valence-corrected chi connectivity index (χ1v) is 6.94. The number of ether oxygens (including phenoxy) is 1. The van der Waals surface area contributed by atoms with Gasteiger partial charge in [-0.05, 0) is 23.8 Å². The molecule has 5 nitrogen and oxygen atoms in total. The first-order valence-electron chi connectivity index (χ1n) is 6.56. The fourth-order valence-electron chi connectivity index (χ4n) is 1.90. The summed E-state index contributed by atoms with van der Waals surface area (Å²) in [6, 6.07) is 8.49. The molecule has 1 heterocycles. The zero-order valence-corrected chi connectivity index (χ0v) is 12.6. The van der Waals surface area contributed by atoms with Gasteiger partial charge >= 0.3 is 5.97 Å². The lowest BCUT2D eigenvalue weighted by atomic mass is 10.1. The van der Waals surface area contributed by atoms with Crippen LogP contribution in [0.3, 0.4) is 0 Å². The molecular formula is C16H14ClNO4. The number of ketones is 1. The van der Waals surface area contributed by atoms with Gasteiger partial charge in [0, 0.05) is 23.2 Å². The molecule has 0 atom stereocenters. The molecule has 0 aliphatic carbocycles. The van der Waals surface area contributed by atoms with E-state index in [1.807, 2.05) is 0 Å². The van der Waals surface area contributed by atoms with Crippen molar-refractivity contribution in [1.82, 2.24) is 4.98 Å². The molecule has 2 rings (SSSR count). The van der Waals surface area contributed by atoms with E-state index in [0.29, 0.717) is 10.6 Å². The molecule has 0 spiro atoms. The Morgan fingerprint density at radius 3 is 2.45 bits per heavy atom. The minimum Gasteiger partial charge on any atom is -0.506 e. The van der Waals surface area contributed by atoms with Crippen molar-refractivity contribution < 1.29 is 19.4 Å². The lowest BCUT2D eigenvalue weighted by Crippen LogP contribution is -2.07. The van der Waals surface area contributed by atoms with Crippen LogP contribution in [0, 0.1) is 0 Å². The van der Waals surface area contributed by atoms with E-state index in [4.69, 9.17) is 11.6 Å². The van der Waals surface area contributed by atoms with Crippen LogP contribution in [0.15, 0.2) is 36.5 Å². The fourth-order valence-corrected chi connectivity index (χ4v) is 2.03. The summed E-state index contributed by atoms with van der Waals surface area (Å²) in [5, 5.41) is 10.6. The Balaban J connectivity index is 2.17. The lowest BCUT2D eigenvalue weighted by Gasteiger charge is -2.06. The summed E-state index contributed by atoms with van der Waals surface area (Å²) in [6.45, 7) is 0. The van der Waals surface area contributed by atoms with Crippen molar-refractivity contribution in [3.63, 3.8) is 0 Å². The zero-order valence-electron chi connectivity index (χ0n) is 11.9. The average Bonchev–Trinajstić information content (AvgIpc) is 2.52. The molecule has 22 heavy (non-hydrogen) atoms. The van der Waals surface area contributed by atoms with Crippen LogP contribution in [0.2, 0.25) is 5.02 Å². The first kappa shape index (κ1) is 16.0. The van der Waals surface area contributed by atoms with Crippen molar-refractivity contribution in [2.24, 2.45) is 0 Å². The van der Waals surface area contributed by atoms with E-state index < -0.39 is 11.8 Å². The maximum absolute atomic E-state index is 11.9. The molecule has 0 fully saturated rings. The molecule has 1 aromatic heterocycles. The molecule has 6 heteroatoms. The van der Waals surface area contributed by atoms with Gasteiger partial charge in [-0.3, -0.25) is 9.59 Å². The number of hydrogen-bond acceptors (Lipinski definition) is 5. The number of esters is 1. The van der Waals surface area contributed by atoms with Crippen molar-refractivity contribution >= 4 is 23.4 Å². The predicted octanol–water partition coefficient (Wildman–Crippen LogP) is 3.24. The van der Waals surface area contributed by atoms with Gasteiger partial charge in [0.2, 0.25) is 0 Å². The maximum atomic E-state index is 11.9. The van der Waals surface area contributed by atoms with Crippen LogP contribution in [0.1, 0.15) is 23.3 Å². The Morgan fingerprint density at radius 2 is 1.86 bits per heavy atom. The molecule has 0 bridgehead atoms. The number of carbonyl (C=O) groups is 2. The molecule has 0 aliphatic heterocycles. The van der Waals surface area contributed by atoms with Crippen LogP contribution in [0.25, 0.3) is 11.1 Å². The van der Waals surface area contributed by atoms with Crippen molar-refractivity contribution in [1.29, 1.82) is 0 Å². The van der Waals surface area contributed by atoms with Gasteiger partial charge in [-0.25, -0.2) is 4.98 Å². The fraction of sp³-hybridized carbons (Fsp3) is 0.188. The Kier molecular flexibility index (Phi) is 5.12. The second kappa shape index (κ2) is 7.04. The topological polar surface area (TPSA) is 76.5 Å². The van der Waals surface area contributed by atoms with Gasteiger partial charge < -0.3 is 9.84 Å². The number of halogens is 1. The van der Waals surface area contributed by atoms with Crippen LogP contribution in [0.4, 0.5) is 0 Å².